The quantitative estimate of drug-likeness (QED) is 0.678. The number of benzene rings is 2. The Morgan fingerprint density at radius 3 is 2.50 bits per heavy atom. The first-order chi connectivity index (χ1) is 8.81. The van der Waals surface area contributed by atoms with Gasteiger partial charge in [-0.15, -0.1) is 0 Å². The maximum atomic E-state index is 12.2. The van der Waals surface area contributed by atoms with Gasteiger partial charge in [0.05, 0.1) is 0 Å². The molecule has 2 aliphatic rings. The maximum Gasteiger partial charge on any atom is 0.164 e. The van der Waals surface area contributed by atoms with Crippen LogP contribution in [0.4, 0.5) is 0 Å². The minimum absolute atomic E-state index is 0.204. The summed E-state index contributed by atoms with van der Waals surface area (Å²) in [6.07, 6.45) is 4.91. The molecule has 1 atom stereocenters. The van der Waals surface area contributed by atoms with E-state index in [1.165, 1.54) is 11.1 Å². The van der Waals surface area contributed by atoms with Gasteiger partial charge in [-0.3, -0.25) is 4.79 Å². The molecular weight excluding hydrogens is 220 g/mol. The first-order valence-electron chi connectivity index (χ1n) is 6.23. The van der Waals surface area contributed by atoms with Gasteiger partial charge in [-0.05, 0) is 16.7 Å². The lowest BCUT2D eigenvalue weighted by Gasteiger charge is -2.24. The van der Waals surface area contributed by atoms with Gasteiger partial charge < -0.3 is 0 Å². The highest BCUT2D eigenvalue weighted by atomic mass is 16.1. The monoisotopic (exact) mass is 232 g/mol. The molecule has 18 heavy (non-hydrogen) atoms. The van der Waals surface area contributed by atoms with E-state index < -0.39 is 0 Å². The Morgan fingerprint density at radius 2 is 1.61 bits per heavy atom. The number of fused-ring (bicyclic) bond motifs is 4. The number of rotatable bonds is 0. The number of allylic oxidation sites excluding steroid dienone is 1. The molecule has 0 amide bonds. The Hall–Kier alpha value is -2.15. The zero-order valence-electron chi connectivity index (χ0n) is 9.89. The van der Waals surface area contributed by atoms with Crippen LogP contribution >= 0.6 is 0 Å². The molecular formula is C17H12O. The summed E-state index contributed by atoms with van der Waals surface area (Å²) in [6, 6.07) is 16.4. The third-order valence-corrected chi connectivity index (χ3v) is 4.14. The van der Waals surface area contributed by atoms with E-state index in [2.05, 4.69) is 36.4 Å². The van der Waals surface area contributed by atoms with Crippen LogP contribution in [0.25, 0.3) is 6.08 Å². The molecule has 1 nitrogen and oxygen atoms in total. The molecule has 0 saturated carbocycles. The molecule has 0 heterocycles. The third kappa shape index (κ3) is 1.04. The SMILES string of the molecule is O=C1CC2(C=Cc3ccccc32)c2ccccc21. The molecule has 1 heteroatoms. The molecule has 4 rings (SSSR count). The van der Waals surface area contributed by atoms with Gasteiger partial charge in [0.25, 0.3) is 0 Å². The van der Waals surface area contributed by atoms with Crippen molar-refractivity contribution in [2.24, 2.45) is 0 Å². The van der Waals surface area contributed by atoms with Gasteiger partial charge >= 0.3 is 0 Å². The highest BCUT2D eigenvalue weighted by molar-refractivity contribution is 6.04. The van der Waals surface area contributed by atoms with Gasteiger partial charge in [-0.25, -0.2) is 0 Å². The first kappa shape index (κ1) is 9.84. The molecule has 0 N–H and O–H groups in total. The maximum absolute atomic E-state index is 12.2. The van der Waals surface area contributed by atoms with Crippen LogP contribution in [-0.4, -0.2) is 5.78 Å². The first-order valence-corrected chi connectivity index (χ1v) is 6.23. The van der Waals surface area contributed by atoms with E-state index in [1.807, 2.05) is 24.3 Å². The molecule has 0 aliphatic heterocycles. The number of hydrogen-bond donors (Lipinski definition) is 0. The molecule has 86 valence electrons. The van der Waals surface area contributed by atoms with Crippen molar-refractivity contribution >= 4 is 11.9 Å². The van der Waals surface area contributed by atoms with Crippen molar-refractivity contribution in [3.05, 3.63) is 76.9 Å². The predicted octanol–water partition coefficient (Wildman–Crippen LogP) is 3.59. The van der Waals surface area contributed by atoms with Crippen LogP contribution in [0.5, 0.6) is 0 Å². The molecule has 2 aliphatic carbocycles. The summed E-state index contributed by atoms with van der Waals surface area (Å²) >= 11 is 0. The predicted molar refractivity (Wildman–Crippen MR) is 71.6 cm³/mol. The fourth-order valence-electron chi connectivity index (χ4n) is 3.32. The molecule has 0 fully saturated rings. The summed E-state index contributed by atoms with van der Waals surface area (Å²) in [5.41, 5.74) is 4.35. The van der Waals surface area contributed by atoms with Crippen molar-refractivity contribution in [3.63, 3.8) is 0 Å². The lowest BCUT2D eigenvalue weighted by molar-refractivity contribution is 0.0985. The molecule has 0 aromatic heterocycles. The summed E-state index contributed by atoms with van der Waals surface area (Å²) in [5, 5.41) is 0. The van der Waals surface area contributed by atoms with E-state index in [-0.39, 0.29) is 11.2 Å². The van der Waals surface area contributed by atoms with Crippen LogP contribution in [0.1, 0.15) is 33.5 Å². The minimum atomic E-state index is -0.204. The van der Waals surface area contributed by atoms with E-state index in [4.69, 9.17) is 0 Å². The molecule has 1 unspecified atom stereocenters. The second kappa shape index (κ2) is 3.20. The van der Waals surface area contributed by atoms with Crippen LogP contribution in [-0.2, 0) is 5.41 Å². The van der Waals surface area contributed by atoms with Crippen molar-refractivity contribution in [2.75, 3.05) is 0 Å². The normalized spacial score (nSPS) is 23.4. The van der Waals surface area contributed by atoms with Gasteiger partial charge in [-0.1, -0.05) is 60.7 Å². The fourth-order valence-corrected chi connectivity index (χ4v) is 3.32. The highest BCUT2D eigenvalue weighted by Gasteiger charge is 2.45. The van der Waals surface area contributed by atoms with Gasteiger partial charge in [0, 0.05) is 17.4 Å². The van der Waals surface area contributed by atoms with Crippen molar-refractivity contribution in [1.29, 1.82) is 0 Å². The van der Waals surface area contributed by atoms with Crippen molar-refractivity contribution < 1.29 is 4.79 Å². The van der Waals surface area contributed by atoms with Gasteiger partial charge in [0.1, 0.15) is 0 Å². The Balaban J connectivity index is 2.04. The molecule has 2 aromatic rings. The topological polar surface area (TPSA) is 17.1 Å². The van der Waals surface area contributed by atoms with Crippen LogP contribution in [0.15, 0.2) is 54.6 Å². The lowest BCUT2D eigenvalue weighted by atomic mass is 9.77. The Bertz CT molecular complexity index is 696. The fraction of sp³-hybridized carbons (Fsp3) is 0.118. The van der Waals surface area contributed by atoms with Crippen molar-refractivity contribution in [3.8, 4) is 0 Å². The number of ketones is 1. The van der Waals surface area contributed by atoms with Crippen LogP contribution in [0.3, 0.4) is 0 Å². The second-order valence-corrected chi connectivity index (χ2v) is 5.04. The Labute approximate surface area is 106 Å². The summed E-state index contributed by atoms with van der Waals surface area (Å²) in [7, 11) is 0. The average molecular weight is 232 g/mol. The van der Waals surface area contributed by atoms with Crippen molar-refractivity contribution in [1.82, 2.24) is 0 Å². The number of hydrogen-bond acceptors (Lipinski definition) is 1. The Kier molecular flexibility index (Phi) is 1.75. The molecule has 0 bridgehead atoms. The molecule has 2 aromatic carbocycles. The Morgan fingerprint density at radius 1 is 0.889 bits per heavy atom. The van der Waals surface area contributed by atoms with Crippen LogP contribution in [0, 0.1) is 0 Å². The largest absolute Gasteiger partial charge is 0.294 e. The summed E-state index contributed by atoms with van der Waals surface area (Å²) < 4.78 is 0. The van der Waals surface area contributed by atoms with E-state index >= 15 is 0 Å². The van der Waals surface area contributed by atoms with Crippen LogP contribution < -0.4 is 0 Å². The summed E-state index contributed by atoms with van der Waals surface area (Å²) in [4.78, 5) is 12.2. The van der Waals surface area contributed by atoms with Gasteiger partial charge in [-0.2, -0.15) is 0 Å². The van der Waals surface area contributed by atoms with Crippen LogP contribution in [0.2, 0.25) is 0 Å². The zero-order valence-corrected chi connectivity index (χ0v) is 9.89. The minimum Gasteiger partial charge on any atom is -0.294 e. The standard InChI is InChI=1S/C17H12O/c18-16-11-17(15-8-4-2-6-13(15)16)10-9-12-5-1-3-7-14(12)17/h1-10H,11H2. The molecule has 1 spiro atoms. The summed E-state index contributed by atoms with van der Waals surface area (Å²) in [6.45, 7) is 0. The van der Waals surface area contributed by atoms with Gasteiger partial charge in [0.15, 0.2) is 5.78 Å². The highest BCUT2D eigenvalue weighted by Crippen LogP contribution is 2.49. The van der Waals surface area contributed by atoms with E-state index in [1.54, 1.807) is 0 Å². The smallest absolute Gasteiger partial charge is 0.164 e. The lowest BCUT2D eigenvalue weighted by Crippen LogP contribution is -2.20. The van der Waals surface area contributed by atoms with E-state index in [0.717, 1.165) is 11.1 Å². The molecule has 0 radical (unpaired) electrons. The van der Waals surface area contributed by atoms with E-state index in [0.29, 0.717) is 6.42 Å². The molecule has 0 saturated heterocycles. The number of carbonyl (C=O) groups excluding carboxylic acids is 1. The third-order valence-electron chi connectivity index (χ3n) is 4.14. The summed E-state index contributed by atoms with van der Waals surface area (Å²) in [5.74, 6) is 0.256. The number of Topliss-reactive ketones (excluding diaryl/α,β-unsaturated/α-hetero) is 1. The zero-order chi connectivity index (χ0) is 12.2. The van der Waals surface area contributed by atoms with Gasteiger partial charge in [0.2, 0.25) is 0 Å². The van der Waals surface area contributed by atoms with E-state index in [9.17, 15) is 4.79 Å². The number of carbonyl (C=O) groups is 1. The van der Waals surface area contributed by atoms with Crippen molar-refractivity contribution in [2.45, 2.75) is 11.8 Å². The second-order valence-electron chi connectivity index (χ2n) is 5.04. The average Bonchev–Trinajstić information content (AvgIpc) is 2.92.